The molecule has 0 aliphatic heterocycles. The number of carbonyl (C=O) groups is 2. The fourth-order valence-corrected chi connectivity index (χ4v) is 4.67. The first-order valence-corrected chi connectivity index (χ1v) is 14.5. The number of nitrogens with zero attached hydrogens (tertiary/aromatic N) is 1. The minimum Gasteiger partial charge on any atom is -0.484 e. The number of nitrogens with one attached hydrogen (secondary N) is 1. The lowest BCUT2D eigenvalue weighted by molar-refractivity contribution is -0.136. The Labute approximate surface area is 249 Å². The molecule has 1 heterocycles. The molecular formula is C34H43ClN2O4. The first kappa shape index (κ1) is 33.6. The SMILES string of the molecule is C=CC(=CC=C(C)Cl)C(Oc1ccnc2c1C=CC(C)C2)C(CCCC)C(C=CC(=C)C(=O)NCCC(=O)O)=CC. The van der Waals surface area contributed by atoms with Crippen molar-refractivity contribution in [3.63, 3.8) is 0 Å². The van der Waals surface area contributed by atoms with Crippen LogP contribution in [0.25, 0.3) is 6.08 Å². The number of carbonyl (C=O) groups excluding carboxylic acids is 1. The molecule has 1 aromatic heterocycles. The molecule has 3 unspecified atom stereocenters. The standard InChI is InChI=1S/C34H43ClN2O4/c1-7-10-11-28(26(8-2)15-13-24(5)34(40)37-21-19-32(38)39)33(27(9-3)16-14-25(6)35)41-31-18-20-36-30-22-23(4)12-17-29(30)31/h8-9,12-18,20,23,28,33H,3,5,7,10-11,19,21-22H2,1-2,4,6H3,(H,37,40)(H,38,39). The van der Waals surface area contributed by atoms with Crippen LogP contribution >= 0.6 is 11.6 Å². The van der Waals surface area contributed by atoms with Crippen LogP contribution in [0.5, 0.6) is 5.75 Å². The van der Waals surface area contributed by atoms with Crippen LogP contribution in [0, 0.1) is 11.8 Å². The molecule has 1 aliphatic rings. The molecule has 1 amide bonds. The minimum atomic E-state index is -0.974. The molecule has 6 nitrogen and oxygen atoms in total. The Hall–Kier alpha value is -3.64. The number of carboxylic acids is 1. The smallest absolute Gasteiger partial charge is 0.305 e. The molecule has 1 aromatic rings. The lowest BCUT2D eigenvalue weighted by atomic mass is 9.83. The van der Waals surface area contributed by atoms with E-state index in [0.29, 0.717) is 11.0 Å². The first-order chi connectivity index (χ1) is 19.6. The number of hydrogen-bond donors (Lipinski definition) is 2. The van der Waals surface area contributed by atoms with Gasteiger partial charge in [0.05, 0.1) is 12.1 Å². The van der Waals surface area contributed by atoms with Crippen molar-refractivity contribution in [1.29, 1.82) is 0 Å². The molecule has 0 spiro atoms. The summed E-state index contributed by atoms with van der Waals surface area (Å²) in [4.78, 5) is 27.8. The number of allylic oxidation sites excluding steroid dienone is 6. The summed E-state index contributed by atoms with van der Waals surface area (Å²) < 4.78 is 6.87. The van der Waals surface area contributed by atoms with Crippen LogP contribution in [0.4, 0.5) is 0 Å². The van der Waals surface area contributed by atoms with Crippen LogP contribution in [0.1, 0.15) is 64.6 Å². The van der Waals surface area contributed by atoms with Gasteiger partial charge in [0.1, 0.15) is 11.9 Å². The summed E-state index contributed by atoms with van der Waals surface area (Å²) in [5.74, 6) is -0.297. The topological polar surface area (TPSA) is 88.5 Å². The summed E-state index contributed by atoms with van der Waals surface area (Å²) in [6.07, 6.45) is 20.3. The Bertz CT molecular complexity index is 1250. The molecule has 1 aliphatic carbocycles. The van der Waals surface area contributed by atoms with Crippen LogP contribution in [0.15, 0.2) is 89.7 Å². The summed E-state index contributed by atoms with van der Waals surface area (Å²) in [5.41, 5.74) is 4.10. The molecule has 0 fully saturated rings. The fourth-order valence-electron chi connectivity index (χ4n) is 4.60. The first-order valence-electron chi connectivity index (χ1n) is 14.1. The number of hydrogen-bond acceptors (Lipinski definition) is 4. The van der Waals surface area contributed by atoms with E-state index in [-0.39, 0.29) is 24.5 Å². The predicted octanol–water partition coefficient (Wildman–Crippen LogP) is 7.75. The Morgan fingerprint density at radius 2 is 2.05 bits per heavy atom. The normalized spacial score (nSPS) is 17.1. The van der Waals surface area contributed by atoms with Gasteiger partial charge in [-0.05, 0) is 62.0 Å². The molecule has 0 saturated carbocycles. The van der Waals surface area contributed by atoms with Crippen LogP contribution < -0.4 is 10.1 Å². The maximum atomic E-state index is 12.5. The molecule has 3 atom stereocenters. The Kier molecular flexibility index (Phi) is 14.1. The molecule has 0 aromatic carbocycles. The number of rotatable bonds is 16. The highest BCUT2D eigenvalue weighted by atomic mass is 35.5. The number of pyridine rings is 1. The van der Waals surface area contributed by atoms with Gasteiger partial charge in [-0.15, -0.1) is 0 Å². The average Bonchev–Trinajstić information content (AvgIpc) is 2.93. The van der Waals surface area contributed by atoms with Crippen molar-refractivity contribution >= 4 is 29.6 Å². The summed E-state index contributed by atoms with van der Waals surface area (Å²) in [6.45, 7) is 16.1. The quantitative estimate of drug-likeness (QED) is 0.155. The van der Waals surface area contributed by atoms with Gasteiger partial charge < -0.3 is 15.2 Å². The van der Waals surface area contributed by atoms with Gasteiger partial charge in [-0.1, -0.05) is 87.9 Å². The highest BCUT2D eigenvalue weighted by molar-refractivity contribution is 6.29. The van der Waals surface area contributed by atoms with E-state index in [1.54, 1.807) is 18.3 Å². The Morgan fingerprint density at radius 1 is 1.29 bits per heavy atom. The van der Waals surface area contributed by atoms with Crippen molar-refractivity contribution in [2.45, 2.75) is 65.9 Å². The molecule has 7 heteroatoms. The minimum absolute atomic E-state index is 0.0387. The molecule has 0 saturated heterocycles. The Morgan fingerprint density at radius 3 is 2.68 bits per heavy atom. The second-order valence-corrected chi connectivity index (χ2v) is 10.8. The zero-order chi connectivity index (χ0) is 30.4. The summed E-state index contributed by atoms with van der Waals surface area (Å²) in [5, 5.41) is 12.1. The number of unbranched alkanes of at least 4 members (excludes halogenated alkanes) is 1. The van der Waals surface area contributed by atoms with Gasteiger partial charge in [-0.3, -0.25) is 14.6 Å². The van der Waals surface area contributed by atoms with Crippen molar-refractivity contribution < 1.29 is 19.4 Å². The molecular weight excluding hydrogens is 536 g/mol. The number of ether oxygens (including phenoxy) is 1. The van der Waals surface area contributed by atoms with Crippen molar-refractivity contribution in [2.75, 3.05) is 6.54 Å². The summed E-state index contributed by atoms with van der Waals surface area (Å²) in [7, 11) is 0. The number of aromatic nitrogens is 1. The maximum Gasteiger partial charge on any atom is 0.305 e. The van der Waals surface area contributed by atoms with E-state index in [1.165, 1.54) is 0 Å². The third-order valence-corrected chi connectivity index (χ3v) is 6.98. The highest BCUT2D eigenvalue weighted by Gasteiger charge is 2.29. The number of halogens is 1. The summed E-state index contributed by atoms with van der Waals surface area (Å²) >= 11 is 6.19. The zero-order valence-electron chi connectivity index (χ0n) is 24.7. The second kappa shape index (κ2) is 17.2. The molecule has 0 bridgehead atoms. The van der Waals surface area contributed by atoms with E-state index in [1.807, 2.05) is 44.2 Å². The van der Waals surface area contributed by atoms with Crippen molar-refractivity contribution in [2.24, 2.45) is 11.8 Å². The zero-order valence-corrected chi connectivity index (χ0v) is 25.4. The van der Waals surface area contributed by atoms with Gasteiger partial charge in [0.2, 0.25) is 0 Å². The number of amides is 1. The van der Waals surface area contributed by atoms with Crippen LogP contribution in [0.3, 0.4) is 0 Å². The maximum absolute atomic E-state index is 12.5. The van der Waals surface area contributed by atoms with E-state index in [9.17, 15) is 9.59 Å². The molecule has 0 radical (unpaired) electrons. The third kappa shape index (κ3) is 10.7. The van der Waals surface area contributed by atoms with Gasteiger partial charge in [0, 0.05) is 34.8 Å². The average molecular weight is 579 g/mol. The van der Waals surface area contributed by atoms with E-state index >= 15 is 0 Å². The predicted molar refractivity (Wildman–Crippen MR) is 169 cm³/mol. The highest BCUT2D eigenvalue weighted by Crippen LogP contribution is 2.35. The third-order valence-electron chi connectivity index (χ3n) is 6.85. The van der Waals surface area contributed by atoms with Crippen LogP contribution in [-0.4, -0.2) is 34.6 Å². The molecule has 220 valence electrons. The van der Waals surface area contributed by atoms with E-state index in [2.05, 4.69) is 49.5 Å². The Balaban J connectivity index is 2.51. The van der Waals surface area contributed by atoms with Crippen molar-refractivity contribution in [3.8, 4) is 5.75 Å². The lowest BCUT2D eigenvalue weighted by Gasteiger charge is -2.31. The summed E-state index contributed by atoms with van der Waals surface area (Å²) in [6, 6.07) is 1.90. The fraction of sp³-hybridized carbons (Fsp3) is 0.382. The van der Waals surface area contributed by atoms with Crippen molar-refractivity contribution in [3.05, 3.63) is 101 Å². The van der Waals surface area contributed by atoms with Gasteiger partial charge in [-0.2, -0.15) is 0 Å². The van der Waals surface area contributed by atoms with Crippen LogP contribution in [-0.2, 0) is 16.0 Å². The van der Waals surface area contributed by atoms with Crippen LogP contribution in [0.2, 0.25) is 0 Å². The van der Waals surface area contributed by atoms with Gasteiger partial charge in [0.15, 0.2) is 0 Å². The van der Waals surface area contributed by atoms with E-state index in [4.69, 9.17) is 21.4 Å². The molecule has 2 rings (SSSR count). The molecule has 41 heavy (non-hydrogen) atoms. The lowest BCUT2D eigenvalue weighted by Crippen LogP contribution is -2.31. The largest absolute Gasteiger partial charge is 0.484 e. The number of carboxylic acid groups (broad SMARTS) is 1. The van der Waals surface area contributed by atoms with Gasteiger partial charge >= 0.3 is 5.97 Å². The van der Waals surface area contributed by atoms with E-state index < -0.39 is 18.0 Å². The van der Waals surface area contributed by atoms with Crippen molar-refractivity contribution in [1.82, 2.24) is 10.3 Å². The van der Waals surface area contributed by atoms with Gasteiger partial charge in [0.25, 0.3) is 5.91 Å². The number of fused-ring (bicyclic) bond motifs is 1. The van der Waals surface area contributed by atoms with E-state index in [0.717, 1.165) is 53.8 Å². The second-order valence-electron chi connectivity index (χ2n) is 10.2. The monoisotopic (exact) mass is 578 g/mol. The molecule has 2 N–H and O–H groups in total. The number of aliphatic carboxylic acids is 1. The van der Waals surface area contributed by atoms with Gasteiger partial charge in [-0.25, -0.2) is 0 Å².